The molecule has 1 heterocycles. The van der Waals surface area contributed by atoms with Gasteiger partial charge in [-0.3, -0.25) is 9.59 Å². The highest BCUT2D eigenvalue weighted by Gasteiger charge is 2.23. The molecule has 1 aliphatic rings. The highest BCUT2D eigenvalue weighted by molar-refractivity contribution is 5.78. The first-order chi connectivity index (χ1) is 11.6. The Morgan fingerprint density at radius 2 is 2.12 bits per heavy atom. The largest absolute Gasteiger partial charge is 0.480 e. The van der Waals surface area contributed by atoms with E-state index in [0.29, 0.717) is 18.2 Å². The van der Waals surface area contributed by atoms with Gasteiger partial charge < -0.3 is 10.4 Å². The third-order valence-corrected chi connectivity index (χ3v) is 4.68. The maximum absolute atomic E-state index is 12.5. The van der Waals surface area contributed by atoms with Crippen molar-refractivity contribution in [2.75, 3.05) is 0 Å². The Hall–Kier alpha value is -1.92. The predicted octanol–water partition coefficient (Wildman–Crippen LogP) is 2.37. The summed E-state index contributed by atoms with van der Waals surface area (Å²) in [5.74, 6) is -0.147. The average molecular weight is 336 g/mol. The molecule has 1 atom stereocenters. The van der Waals surface area contributed by atoms with Crippen molar-refractivity contribution in [3.05, 3.63) is 11.9 Å². The molecule has 134 valence electrons. The molecule has 1 aromatic rings. The van der Waals surface area contributed by atoms with E-state index in [1.165, 1.54) is 36.8 Å². The smallest absolute Gasteiger partial charge is 0.325 e. The van der Waals surface area contributed by atoms with Gasteiger partial charge in [-0.05, 0) is 18.8 Å². The van der Waals surface area contributed by atoms with Gasteiger partial charge in [-0.15, -0.1) is 5.10 Å². The molecular weight excluding hydrogens is 308 g/mol. The van der Waals surface area contributed by atoms with E-state index in [2.05, 4.69) is 22.6 Å². The minimum atomic E-state index is -0.967. The van der Waals surface area contributed by atoms with Crippen molar-refractivity contribution in [1.82, 2.24) is 20.3 Å². The molecule has 1 fully saturated rings. The average Bonchev–Trinajstić information content (AvgIpc) is 3.00. The third-order valence-electron chi connectivity index (χ3n) is 4.68. The quantitative estimate of drug-likeness (QED) is 0.721. The summed E-state index contributed by atoms with van der Waals surface area (Å²) in [6, 6.07) is 0. The first-order valence-electron chi connectivity index (χ1n) is 8.97. The van der Waals surface area contributed by atoms with Crippen LogP contribution in [0, 0.1) is 11.8 Å². The normalized spacial score (nSPS) is 16.7. The SMILES string of the molecule is CCCC(CC1CCCCC1)C(=O)NCc1cn(CC(=O)O)nn1. The number of carboxylic acid groups (broad SMARTS) is 1. The van der Waals surface area contributed by atoms with Crippen molar-refractivity contribution in [3.63, 3.8) is 0 Å². The molecule has 7 nitrogen and oxygen atoms in total. The van der Waals surface area contributed by atoms with Gasteiger partial charge in [0.15, 0.2) is 0 Å². The number of rotatable bonds is 9. The van der Waals surface area contributed by atoms with Gasteiger partial charge in [-0.2, -0.15) is 0 Å². The number of amides is 1. The monoisotopic (exact) mass is 336 g/mol. The molecule has 24 heavy (non-hydrogen) atoms. The molecule has 1 aliphatic carbocycles. The molecule has 7 heteroatoms. The molecule has 1 saturated carbocycles. The van der Waals surface area contributed by atoms with Crippen LogP contribution in [0.1, 0.15) is 64.0 Å². The fourth-order valence-electron chi connectivity index (χ4n) is 3.49. The number of carbonyl (C=O) groups is 2. The highest BCUT2D eigenvalue weighted by atomic mass is 16.4. The molecule has 0 saturated heterocycles. The van der Waals surface area contributed by atoms with Crippen LogP contribution >= 0.6 is 0 Å². The molecule has 0 radical (unpaired) electrons. The minimum Gasteiger partial charge on any atom is -0.480 e. The predicted molar refractivity (Wildman–Crippen MR) is 89.1 cm³/mol. The number of aliphatic carboxylic acids is 1. The van der Waals surface area contributed by atoms with Crippen LogP contribution in [0.3, 0.4) is 0 Å². The van der Waals surface area contributed by atoms with Crippen molar-refractivity contribution < 1.29 is 14.7 Å². The molecule has 1 aromatic heterocycles. The Bertz CT molecular complexity index is 538. The van der Waals surface area contributed by atoms with Gasteiger partial charge in [0.2, 0.25) is 5.91 Å². The number of hydrogen-bond donors (Lipinski definition) is 2. The van der Waals surface area contributed by atoms with Crippen LogP contribution in [0.15, 0.2) is 6.20 Å². The summed E-state index contributed by atoms with van der Waals surface area (Å²) in [7, 11) is 0. The first kappa shape index (κ1) is 18.4. The number of aromatic nitrogens is 3. The lowest BCUT2D eigenvalue weighted by Gasteiger charge is -2.25. The topological polar surface area (TPSA) is 97.1 Å². The van der Waals surface area contributed by atoms with E-state index in [9.17, 15) is 9.59 Å². The molecule has 2 N–H and O–H groups in total. The van der Waals surface area contributed by atoms with Crippen molar-refractivity contribution in [3.8, 4) is 0 Å². The Kier molecular flexibility index (Phi) is 7.21. The molecular formula is C17H28N4O3. The van der Waals surface area contributed by atoms with Crippen molar-refractivity contribution >= 4 is 11.9 Å². The zero-order chi connectivity index (χ0) is 17.4. The standard InChI is InChI=1S/C17H28N4O3/c1-2-6-14(9-13-7-4-3-5-8-13)17(24)18-10-15-11-21(20-19-15)12-16(22)23/h11,13-14H,2-10,12H2,1H3,(H,18,24)(H,22,23). The Morgan fingerprint density at radius 1 is 1.38 bits per heavy atom. The van der Waals surface area contributed by atoms with E-state index in [4.69, 9.17) is 5.11 Å². The minimum absolute atomic E-state index is 0.0622. The summed E-state index contributed by atoms with van der Waals surface area (Å²) in [6.45, 7) is 2.18. The highest BCUT2D eigenvalue weighted by Crippen LogP contribution is 2.30. The Balaban J connectivity index is 1.83. The van der Waals surface area contributed by atoms with Crippen LogP contribution in [0.4, 0.5) is 0 Å². The van der Waals surface area contributed by atoms with E-state index in [1.54, 1.807) is 6.20 Å². The fourth-order valence-corrected chi connectivity index (χ4v) is 3.49. The van der Waals surface area contributed by atoms with Gasteiger partial charge in [0, 0.05) is 5.92 Å². The summed E-state index contributed by atoms with van der Waals surface area (Å²) < 4.78 is 1.26. The summed E-state index contributed by atoms with van der Waals surface area (Å²) >= 11 is 0. The van der Waals surface area contributed by atoms with E-state index in [0.717, 1.165) is 19.3 Å². The fraction of sp³-hybridized carbons (Fsp3) is 0.765. The second-order valence-corrected chi connectivity index (χ2v) is 6.74. The molecule has 1 unspecified atom stereocenters. The summed E-state index contributed by atoms with van der Waals surface area (Å²) in [5.41, 5.74) is 0.581. The summed E-state index contributed by atoms with van der Waals surface area (Å²) in [4.78, 5) is 23.1. The summed E-state index contributed by atoms with van der Waals surface area (Å²) in [6.07, 6.45) is 10.8. The van der Waals surface area contributed by atoms with Crippen LogP contribution in [-0.4, -0.2) is 32.0 Å². The Morgan fingerprint density at radius 3 is 2.79 bits per heavy atom. The molecule has 0 bridgehead atoms. The molecule has 0 spiro atoms. The van der Waals surface area contributed by atoms with Gasteiger partial charge in [-0.25, -0.2) is 4.68 Å². The van der Waals surface area contributed by atoms with Crippen molar-refractivity contribution in [2.45, 2.75) is 71.4 Å². The van der Waals surface area contributed by atoms with Crippen molar-refractivity contribution in [2.24, 2.45) is 11.8 Å². The second kappa shape index (κ2) is 9.39. The van der Waals surface area contributed by atoms with Crippen LogP contribution in [0.25, 0.3) is 0 Å². The van der Waals surface area contributed by atoms with Crippen LogP contribution in [0.2, 0.25) is 0 Å². The molecule has 0 aliphatic heterocycles. The van der Waals surface area contributed by atoms with Gasteiger partial charge in [-0.1, -0.05) is 50.7 Å². The van der Waals surface area contributed by atoms with Gasteiger partial charge in [0.05, 0.1) is 12.7 Å². The van der Waals surface area contributed by atoms with Gasteiger partial charge in [0.1, 0.15) is 12.2 Å². The molecule has 1 amide bonds. The van der Waals surface area contributed by atoms with E-state index in [1.807, 2.05) is 0 Å². The maximum Gasteiger partial charge on any atom is 0.325 e. The van der Waals surface area contributed by atoms with E-state index < -0.39 is 5.97 Å². The van der Waals surface area contributed by atoms with E-state index in [-0.39, 0.29) is 18.4 Å². The third kappa shape index (κ3) is 5.94. The first-order valence-corrected chi connectivity index (χ1v) is 8.97. The zero-order valence-corrected chi connectivity index (χ0v) is 14.4. The van der Waals surface area contributed by atoms with Crippen LogP contribution in [-0.2, 0) is 22.7 Å². The Labute approximate surface area is 142 Å². The number of carboxylic acids is 1. The lowest BCUT2D eigenvalue weighted by Crippen LogP contribution is -2.32. The number of hydrogen-bond acceptors (Lipinski definition) is 4. The van der Waals surface area contributed by atoms with E-state index >= 15 is 0 Å². The second-order valence-electron chi connectivity index (χ2n) is 6.74. The zero-order valence-electron chi connectivity index (χ0n) is 14.4. The van der Waals surface area contributed by atoms with Gasteiger partial charge >= 0.3 is 5.97 Å². The maximum atomic E-state index is 12.5. The molecule has 2 rings (SSSR count). The number of nitrogens with one attached hydrogen (secondary N) is 1. The number of nitrogens with zero attached hydrogens (tertiary/aromatic N) is 3. The van der Waals surface area contributed by atoms with Crippen LogP contribution in [0.5, 0.6) is 0 Å². The summed E-state index contributed by atoms with van der Waals surface area (Å²) in [5, 5.41) is 19.3. The number of carbonyl (C=O) groups excluding carboxylic acids is 1. The van der Waals surface area contributed by atoms with Crippen LogP contribution < -0.4 is 5.32 Å². The lowest BCUT2D eigenvalue weighted by atomic mass is 9.81. The van der Waals surface area contributed by atoms with Crippen molar-refractivity contribution in [1.29, 1.82) is 0 Å². The lowest BCUT2D eigenvalue weighted by molar-refractivity contribution is -0.138. The molecule has 0 aromatic carbocycles. The van der Waals surface area contributed by atoms with Gasteiger partial charge in [0.25, 0.3) is 0 Å².